The van der Waals surface area contributed by atoms with Gasteiger partial charge >= 0.3 is 0 Å². The lowest BCUT2D eigenvalue weighted by molar-refractivity contribution is -0.385. The van der Waals surface area contributed by atoms with Gasteiger partial charge in [-0.1, -0.05) is 41.0 Å². The minimum atomic E-state index is -0.510. The number of oxime groups is 1. The second kappa shape index (κ2) is 7.84. The maximum Gasteiger partial charge on any atom is 0.287 e. The smallest absolute Gasteiger partial charge is 0.287 e. The van der Waals surface area contributed by atoms with Crippen molar-refractivity contribution in [1.82, 2.24) is 4.98 Å². The second-order valence-corrected chi connectivity index (χ2v) is 6.15. The molecule has 0 aliphatic heterocycles. The lowest BCUT2D eigenvalue weighted by Gasteiger charge is -2.12. The Bertz CT molecular complexity index is 1020. The fourth-order valence-electron chi connectivity index (χ4n) is 2.59. The third-order valence-electron chi connectivity index (χ3n) is 3.96. The number of hydrogen-bond donors (Lipinski definition) is 2. The summed E-state index contributed by atoms with van der Waals surface area (Å²) in [6.07, 6.45) is 1.17. The highest BCUT2D eigenvalue weighted by atomic mass is 35.5. The van der Waals surface area contributed by atoms with Gasteiger partial charge in [0.05, 0.1) is 9.95 Å². The van der Waals surface area contributed by atoms with E-state index in [1.807, 2.05) is 31.2 Å². The van der Waals surface area contributed by atoms with Crippen molar-refractivity contribution in [1.29, 1.82) is 0 Å². The van der Waals surface area contributed by atoms with Gasteiger partial charge in [0.2, 0.25) is 0 Å². The van der Waals surface area contributed by atoms with E-state index in [1.165, 1.54) is 18.3 Å². The van der Waals surface area contributed by atoms with Crippen LogP contribution in [0.5, 0.6) is 0 Å². The monoisotopic (exact) mass is 382 g/mol. The molecule has 0 spiro atoms. The molecule has 3 rings (SSSR count). The first kappa shape index (κ1) is 18.3. The number of anilines is 2. The first-order chi connectivity index (χ1) is 13.0. The summed E-state index contributed by atoms with van der Waals surface area (Å²) in [5.74, 6) is 0.444. The van der Waals surface area contributed by atoms with E-state index in [0.29, 0.717) is 27.8 Å². The van der Waals surface area contributed by atoms with E-state index in [0.717, 1.165) is 11.1 Å². The molecule has 27 heavy (non-hydrogen) atoms. The van der Waals surface area contributed by atoms with Crippen LogP contribution in [0, 0.1) is 17.0 Å². The van der Waals surface area contributed by atoms with E-state index >= 15 is 0 Å². The number of aryl methyl sites for hydroxylation is 1. The number of nitrogens with zero attached hydrogens (tertiary/aromatic N) is 3. The molecule has 0 aliphatic rings. The molecular weight excluding hydrogens is 368 g/mol. The lowest BCUT2D eigenvalue weighted by Crippen LogP contribution is -2.06. The van der Waals surface area contributed by atoms with Gasteiger partial charge in [-0.3, -0.25) is 10.1 Å². The number of nitro groups is 1. The van der Waals surface area contributed by atoms with Gasteiger partial charge in [-0.05, 0) is 36.8 Å². The van der Waals surface area contributed by atoms with E-state index in [1.54, 1.807) is 18.2 Å². The van der Waals surface area contributed by atoms with Gasteiger partial charge in [-0.15, -0.1) is 0 Å². The molecule has 3 aromatic rings. The van der Waals surface area contributed by atoms with Crippen molar-refractivity contribution in [2.45, 2.75) is 6.92 Å². The normalized spacial score (nSPS) is 11.3. The maximum atomic E-state index is 10.7. The van der Waals surface area contributed by atoms with E-state index < -0.39 is 4.92 Å². The highest BCUT2D eigenvalue weighted by Crippen LogP contribution is 2.27. The van der Waals surface area contributed by atoms with Gasteiger partial charge in [-0.25, -0.2) is 4.98 Å². The molecule has 0 saturated heterocycles. The predicted molar refractivity (Wildman–Crippen MR) is 104 cm³/mol. The Morgan fingerprint density at radius 2 is 1.96 bits per heavy atom. The number of hydrogen-bond acceptors (Lipinski definition) is 6. The van der Waals surface area contributed by atoms with Crippen molar-refractivity contribution < 1.29 is 10.1 Å². The molecule has 0 aliphatic carbocycles. The molecule has 2 aromatic carbocycles. The minimum Gasteiger partial charge on any atom is -0.410 e. The standard InChI is InChI=1S/C19H15ClN4O3/c1-12-4-2-3-5-15(12)19(23-25)16-8-6-13(10-17(16)20)22-18-9-7-14(11-21-18)24(26)27/h2-11,25H,1H3,(H,21,22). The Morgan fingerprint density at radius 1 is 1.19 bits per heavy atom. The molecule has 0 atom stereocenters. The molecule has 7 nitrogen and oxygen atoms in total. The second-order valence-electron chi connectivity index (χ2n) is 5.74. The zero-order valence-electron chi connectivity index (χ0n) is 14.3. The average Bonchev–Trinajstić information content (AvgIpc) is 2.66. The number of pyridine rings is 1. The highest BCUT2D eigenvalue weighted by molar-refractivity contribution is 6.35. The molecule has 0 radical (unpaired) electrons. The van der Waals surface area contributed by atoms with Crippen LogP contribution in [-0.2, 0) is 0 Å². The number of halogens is 1. The Hall–Kier alpha value is -3.45. The average molecular weight is 383 g/mol. The minimum absolute atomic E-state index is 0.0871. The lowest BCUT2D eigenvalue weighted by atomic mass is 9.98. The van der Waals surface area contributed by atoms with Crippen LogP contribution in [0.15, 0.2) is 65.9 Å². The topological polar surface area (TPSA) is 101 Å². The molecule has 0 bridgehead atoms. The summed E-state index contributed by atoms with van der Waals surface area (Å²) >= 11 is 6.40. The molecule has 0 unspecified atom stereocenters. The summed E-state index contributed by atoms with van der Waals surface area (Å²) < 4.78 is 0. The molecule has 0 fully saturated rings. The third kappa shape index (κ3) is 4.04. The molecule has 2 N–H and O–H groups in total. The number of nitrogens with one attached hydrogen (secondary N) is 1. The summed E-state index contributed by atoms with van der Waals surface area (Å²) in [7, 11) is 0. The van der Waals surface area contributed by atoms with Crippen molar-refractivity contribution in [2.24, 2.45) is 5.16 Å². The van der Waals surface area contributed by atoms with Gasteiger partial charge in [0.15, 0.2) is 0 Å². The first-order valence-corrected chi connectivity index (χ1v) is 8.33. The molecule has 1 heterocycles. The fraction of sp³-hybridized carbons (Fsp3) is 0.0526. The van der Waals surface area contributed by atoms with Crippen molar-refractivity contribution in [3.63, 3.8) is 0 Å². The van der Waals surface area contributed by atoms with Gasteiger partial charge in [0, 0.05) is 22.9 Å². The van der Waals surface area contributed by atoms with Crippen molar-refractivity contribution in [2.75, 3.05) is 5.32 Å². The van der Waals surface area contributed by atoms with Gasteiger partial charge in [0.1, 0.15) is 17.7 Å². The van der Waals surface area contributed by atoms with Crippen molar-refractivity contribution in [3.8, 4) is 0 Å². The quantitative estimate of drug-likeness (QED) is 0.282. The van der Waals surface area contributed by atoms with Crippen LogP contribution in [0.2, 0.25) is 5.02 Å². The largest absolute Gasteiger partial charge is 0.410 e. The van der Waals surface area contributed by atoms with Gasteiger partial charge < -0.3 is 10.5 Å². The first-order valence-electron chi connectivity index (χ1n) is 7.95. The molecule has 8 heteroatoms. The zero-order chi connectivity index (χ0) is 19.4. The number of rotatable bonds is 5. The van der Waals surface area contributed by atoms with Crippen LogP contribution in [0.25, 0.3) is 0 Å². The Kier molecular flexibility index (Phi) is 5.33. The molecule has 1 aromatic heterocycles. The summed E-state index contributed by atoms with van der Waals surface area (Å²) in [5, 5.41) is 27.0. The third-order valence-corrected chi connectivity index (χ3v) is 4.27. The number of benzene rings is 2. The van der Waals surface area contributed by atoms with E-state index in [2.05, 4.69) is 15.5 Å². The number of aromatic nitrogens is 1. The van der Waals surface area contributed by atoms with Crippen LogP contribution >= 0.6 is 11.6 Å². The fourth-order valence-corrected chi connectivity index (χ4v) is 2.86. The summed E-state index contributed by atoms with van der Waals surface area (Å²) in [5.41, 5.74) is 3.25. The zero-order valence-corrected chi connectivity index (χ0v) is 15.0. The summed E-state index contributed by atoms with van der Waals surface area (Å²) in [6.45, 7) is 1.92. The molecular formula is C19H15ClN4O3. The predicted octanol–water partition coefficient (Wildman–Crippen LogP) is 4.92. The van der Waals surface area contributed by atoms with Crippen LogP contribution < -0.4 is 5.32 Å². The Morgan fingerprint density at radius 3 is 2.56 bits per heavy atom. The van der Waals surface area contributed by atoms with Gasteiger partial charge in [0.25, 0.3) is 5.69 Å². The SMILES string of the molecule is Cc1ccccc1C(=NO)c1ccc(Nc2ccc([N+](=O)[O-])cn2)cc1Cl. The molecule has 136 valence electrons. The molecule has 0 amide bonds. The van der Waals surface area contributed by atoms with Crippen LogP contribution in [0.3, 0.4) is 0 Å². The maximum absolute atomic E-state index is 10.7. The van der Waals surface area contributed by atoms with Gasteiger partial charge in [-0.2, -0.15) is 0 Å². The Labute approximate surface area is 160 Å². The highest BCUT2D eigenvalue weighted by Gasteiger charge is 2.14. The summed E-state index contributed by atoms with van der Waals surface area (Å²) in [4.78, 5) is 14.2. The van der Waals surface area contributed by atoms with E-state index in [4.69, 9.17) is 11.6 Å². The molecule has 0 saturated carbocycles. The van der Waals surface area contributed by atoms with E-state index in [9.17, 15) is 15.3 Å². The van der Waals surface area contributed by atoms with Crippen LogP contribution in [0.1, 0.15) is 16.7 Å². The van der Waals surface area contributed by atoms with E-state index in [-0.39, 0.29) is 5.69 Å². The van der Waals surface area contributed by atoms with Crippen molar-refractivity contribution in [3.05, 3.63) is 92.6 Å². The Balaban J connectivity index is 1.87. The van der Waals surface area contributed by atoms with Crippen molar-refractivity contribution >= 4 is 34.5 Å². The van der Waals surface area contributed by atoms with Crippen LogP contribution in [-0.4, -0.2) is 20.8 Å². The summed E-state index contributed by atoms with van der Waals surface area (Å²) in [6, 6.07) is 15.6. The van der Waals surface area contributed by atoms with Crippen LogP contribution in [0.4, 0.5) is 17.2 Å².